The number of ketones is 1. The number of ether oxygens (including phenoxy) is 1. The summed E-state index contributed by atoms with van der Waals surface area (Å²) in [5.41, 5.74) is 4.01. The van der Waals surface area contributed by atoms with E-state index in [-0.39, 0.29) is 36.5 Å². The highest BCUT2D eigenvalue weighted by Gasteiger charge is 2.44. The Morgan fingerprint density at radius 1 is 1.06 bits per heavy atom. The number of piperidine rings is 2. The van der Waals surface area contributed by atoms with Gasteiger partial charge < -0.3 is 9.64 Å². The number of carbonyl (C=O) groups is 2. The molecule has 2 aromatic rings. The van der Waals surface area contributed by atoms with Crippen molar-refractivity contribution < 1.29 is 14.3 Å². The smallest absolute Gasteiger partial charge is 0.410 e. The second-order valence-corrected chi connectivity index (χ2v) is 8.82. The number of benzene rings is 2. The normalized spacial score (nSPS) is 22.5. The van der Waals surface area contributed by atoms with Crippen LogP contribution in [0.3, 0.4) is 0 Å². The van der Waals surface area contributed by atoms with E-state index in [1.54, 1.807) is 12.1 Å². The van der Waals surface area contributed by atoms with Gasteiger partial charge in [0, 0.05) is 23.6 Å². The highest BCUT2D eigenvalue weighted by atomic mass is 16.6. The van der Waals surface area contributed by atoms with E-state index in [4.69, 9.17) is 4.74 Å². The van der Waals surface area contributed by atoms with Crippen molar-refractivity contribution in [3.05, 3.63) is 70.3 Å². The number of carbonyl (C=O) groups excluding carboxylic acids is 2. The highest BCUT2D eigenvalue weighted by molar-refractivity contribution is 6.00. The molecule has 31 heavy (non-hydrogen) atoms. The van der Waals surface area contributed by atoms with E-state index >= 15 is 0 Å². The molecule has 0 spiro atoms. The van der Waals surface area contributed by atoms with Gasteiger partial charge in [-0.2, -0.15) is 5.26 Å². The first-order chi connectivity index (χ1) is 15.0. The molecule has 0 aliphatic carbocycles. The van der Waals surface area contributed by atoms with Crippen LogP contribution < -0.4 is 0 Å². The third-order valence-electron chi connectivity index (χ3n) is 6.67. The Hall–Kier alpha value is -3.13. The quantitative estimate of drug-likeness (QED) is 0.632. The second-order valence-electron chi connectivity index (χ2n) is 8.82. The summed E-state index contributed by atoms with van der Waals surface area (Å²) < 4.78 is 5.62. The SMILES string of the molecule is Cc1cc(C#N)cc(C)c1C(=O)C1CC2CCCC(C1)N2C(=O)OCc1ccccc1. The number of rotatable bonds is 4. The van der Waals surface area contributed by atoms with Gasteiger partial charge in [-0.3, -0.25) is 4.79 Å². The Bertz CT molecular complexity index is 988. The zero-order valence-corrected chi connectivity index (χ0v) is 18.1. The van der Waals surface area contributed by atoms with E-state index in [9.17, 15) is 14.9 Å². The number of aryl methyl sites for hydroxylation is 2. The van der Waals surface area contributed by atoms with E-state index in [0.717, 1.165) is 41.5 Å². The summed E-state index contributed by atoms with van der Waals surface area (Å²) in [6.45, 7) is 4.07. The van der Waals surface area contributed by atoms with Crippen LogP contribution in [0, 0.1) is 31.1 Å². The molecule has 160 valence electrons. The van der Waals surface area contributed by atoms with E-state index in [1.165, 1.54) is 0 Å². The lowest BCUT2D eigenvalue weighted by Gasteiger charge is -2.47. The van der Waals surface area contributed by atoms with Crippen LogP contribution in [0.4, 0.5) is 4.79 Å². The lowest BCUT2D eigenvalue weighted by Crippen LogP contribution is -2.55. The maximum absolute atomic E-state index is 13.4. The van der Waals surface area contributed by atoms with Gasteiger partial charge in [-0.1, -0.05) is 30.3 Å². The van der Waals surface area contributed by atoms with Gasteiger partial charge in [0.15, 0.2) is 5.78 Å². The monoisotopic (exact) mass is 416 g/mol. The van der Waals surface area contributed by atoms with Gasteiger partial charge in [0.25, 0.3) is 0 Å². The molecule has 2 atom stereocenters. The van der Waals surface area contributed by atoms with Crippen molar-refractivity contribution in [3.8, 4) is 6.07 Å². The van der Waals surface area contributed by atoms with E-state index in [0.29, 0.717) is 18.4 Å². The van der Waals surface area contributed by atoms with Crippen molar-refractivity contribution in [1.82, 2.24) is 4.90 Å². The third kappa shape index (κ3) is 4.34. The average Bonchev–Trinajstić information content (AvgIpc) is 2.76. The van der Waals surface area contributed by atoms with Crippen molar-refractivity contribution in [2.45, 2.75) is 64.6 Å². The molecule has 1 amide bonds. The number of hydrogen-bond acceptors (Lipinski definition) is 4. The molecule has 2 bridgehead atoms. The van der Waals surface area contributed by atoms with Crippen LogP contribution in [0.25, 0.3) is 0 Å². The van der Waals surface area contributed by atoms with Gasteiger partial charge >= 0.3 is 6.09 Å². The predicted molar refractivity (Wildman–Crippen MR) is 118 cm³/mol. The number of amides is 1. The molecule has 0 radical (unpaired) electrons. The number of fused-ring (bicyclic) bond motifs is 2. The molecule has 4 rings (SSSR count). The summed E-state index contributed by atoms with van der Waals surface area (Å²) in [4.78, 5) is 28.2. The summed E-state index contributed by atoms with van der Waals surface area (Å²) in [5, 5.41) is 9.19. The van der Waals surface area contributed by atoms with Gasteiger partial charge in [0.05, 0.1) is 11.6 Å². The number of hydrogen-bond donors (Lipinski definition) is 0. The predicted octanol–water partition coefficient (Wildman–Crippen LogP) is 5.33. The first-order valence-corrected chi connectivity index (χ1v) is 11.0. The van der Waals surface area contributed by atoms with Crippen LogP contribution >= 0.6 is 0 Å². The van der Waals surface area contributed by atoms with Crippen molar-refractivity contribution in [2.24, 2.45) is 5.92 Å². The molecule has 2 aliphatic rings. The average molecular weight is 417 g/mol. The minimum Gasteiger partial charge on any atom is -0.445 e. The Kier molecular flexibility index (Phi) is 6.08. The minimum absolute atomic E-state index is 0.0451. The Morgan fingerprint density at radius 2 is 1.68 bits per heavy atom. The maximum Gasteiger partial charge on any atom is 0.410 e. The summed E-state index contributed by atoms with van der Waals surface area (Å²) in [6.07, 6.45) is 3.98. The largest absolute Gasteiger partial charge is 0.445 e. The fraction of sp³-hybridized carbons (Fsp3) is 0.423. The standard InChI is InChI=1S/C26H28N2O3/c1-17-11-20(15-27)12-18(2)24(17)25(29)21-13-22-9-6-10-23(14-21)28(22)26(30)31-16-19-7-4-3-5-8-19/h3-5,7-8,11-12,21-23H,6,9-10,13-14,16H2,1-2H3. The first kappa shape index (κ1) is 21.1. The van der Waals surface area contributed by atoms with Crippen LogP contribution in [0.1, 0.15) is 64.7 Å². The van der Waals surface area contributed by atoms with Crippen LogP contribution in [-0.4, -0.2) is 28.9 Å². The topological polar surface area (TPSA) is 70.4 Å². The molecule has 2 saturated heterocycles. The van der Waals surface area contributed by atoms with Crippen LogP contribution in [0.2, 0.25) is 0 Å². The molecule has 2 aromatic carbocycles. The lowest BCUT2D eigenvalue weighted by molar-refractivity contribution is 0.00469. The zero-order valence-electron chi connectivity index (χ0n) is 18.1. The fourth-order valence-corrected chi connectivity index (χ4v) is 5.31. The van der Waals surface area contributed by atoms with Crippen LogP contribution in [-0.2, 0) is 11.3 Å². The molecule has 2 fully saturated rings. The number of Topliss-reactive ketones (excluding diaryl/α,β-unsaturated/α-hetero) is 1. The Labute approximate surface area is 183 Å². The molecule has 0 saturated carbocycles. The number of nitriles is 1. The molecule has 0 aromatic heterocycles. The van der Waals surface area contributed by atoms with Crippen molar-refractivity contribution in [3.63, 3.8) is 0 Å². The minimum atomic E-state index is -0.268. The highest BCUT2D eigenvalue weighted by Crippen LogP contribution is 2.39. The van der Waals surface area contributed by atoms with Gasteiger partial charge in [-0.05, 0) is 74.8 Å². The van der Waals surface area contributed by atoms with Crippen molar-refractivity contribution >= 4 is 11.9 Å². The van der Waals surface area contributed by atoms with Crippen molar-refractivity contribution in [2.75, 3.05) is 0 Å². The molecule has 0 N–H and O–H groups in total. The first-order valence-electron chi connectivity index (χ1n) is 11.0. The molecule has 2 heterocycles. The van der Waals surface area contributed by atoms with E-state index in [2.05, 4.69) is 6.07 Å². The summed E-state index contributed by atoms with van der Waals surface area (Å²) >= 11 is 0. The van der Waals surface area contributed by atoms with E-state index in [1.807, 2.05) is 49.1 Å². The van der Waals surface area contributed by atoms with E-state index < -0.39 is 0 Å². The molecule has 5 nitrogen and oxygen atoms in total. The van der Waals surface area contributed by atoms with Crippen LogP contribution in [0.5, 0.6) is 0 Å². The lowest BCUT2D eigenvalue weighted by atomic mass is 9.75. The second kappa shape index (κ2) is 8.93. The Morgan fingerprint density at radius 3 is 2.26 bits per heavy atom. The molecular formula is C26H28N2O3. The molecule has 2 aliphatic heterocycles. The number of nitrogens with zero attached hydrogens (tertiary/aromatic N) is 2. The summed E-state index contributed by atoms with van der Waals surface area (Å²) in [6, 6.07) is 15.5. The third-order valence-corrected chi connectivity index (χ3v) is 6.67. The maximum atomic E-state index is 13.4. The van der Waals surface area contributed by atoms with Gasteiger partial charge in [0.2, 0.25) is 0 Å². The van der Waals surface area contributed by atoms with Crippen LogP contribution in [0.15, 0.2) is 42.5 Å². The Balaban J connectivity index is 1.48. The van der Waals surface area contributed by atoms with Gasteiger partial charge in [-0.25, -0.2) is 4.79 Å². The molecular weight excluding hydrogens is 388 g/mol. The fourth-order valence-electron chi connectivity index (χ4n) is 5.31. The van der Waals surface area contributed by atoms with Gasteiger partial charge in [-0.15, -0.1) is 0 Å². The summed E-state index contributed by atoms with van der Waals surface area (Å²) in [7, 11) is 0. The molecule has 5 heteroatoms. The van der Waals surface area contributed by atoms with Gasteiger partial charge in [0.1, 0.15) is 6.61 Å². The zero-order chi connectivity index (χ0) is 22.0. The summed E-state index contributed by atoms with van der Waals surface area (Å²) in [5.74, 6) is 0.0486. The molecule has 2 unspecified atom stereocenters. The van der Waals surface area contributed by atoms with Crippen molar-refractivity contribution in [1.29, 1.82) is 5.26 Å².